The summed E-state index contributed by atoms with van der Waals surface area (Å²) >= 11 is 3.53. The first-order chi connectivity index (χ1) is 9.11. The Morgan fingerprint density at radius 2 is 2.11 bits per heavy atom. The Bertz CT molecular complexity index is 544. The normalized spacial score (nSPS) is 11.2. The lowest BCUT2D eigenvalue weighted by Gasteiger charge is -2.03. The molecule has 0 aromatic carbocycles. The fourth-order valence-electron chi connectivity index (χ4n) is 1.87. The second-order valence-corrected chi connectivity index (χ2v) is 5.25. The number of rotatable bonds is 6. The van der Waals surface area contributed by atoms with Crippen molar-refractivity contribution >= 4 is 15.9 Å². The summed E-state index contributed by atoms with van der Waals surface area (Å²) < 4.78 is 4.93. The lowest BCUT2D eigenvalue weighted by Crippen LogP contribution is -2.12. The van der Waals surface area contributed by atoms with E-state index in [0.29, 0.717) is 0 Å². The molecular weight excluding hydrogens is 308 g/mol. The molecule has 1 N–H and O–H groups in total. The minimum Gasteiger partial charge on any atom is -0.311 e. The van der Waals surface area contributed by atoms with Gasteiger partial charge in [-0.1, -0.05) is 12.1 Å². The first kappa shape index (κ1) is 14.2. The third kappa shape index (κ3) is 3.42. The van der Waals surface area contributed by atoms with Gasteiger partial charge in [0.15, 0.2) is 0 Å². The van der Waals surface area contributed by atoms with Crippen LogP contribution < -0.4 is 5.32 Å². The maximum absolute atomic E-state index is 4.48. The molecule has 0 saturated heterocycles. The zero-order valence-electron chi connectivity index (χ0n) is 11.5. The average Bonchev–Trinajstić information content (AvgIpc) is 2.95. The molecule has 0 fully saturated rings. The van der Waals surface area contributed by atoms with Crippen molar-refractivity contribution in [1.29, 1.82) is 0 Å². The Balaban J connectivity index is 1.94. The van der Waals surface area contributed by atoms with Crippen molar-refractivity contribution in [3.8, 4) is 0 Å². The third-order valence-corrected chi connectivity index (χ3v) is 4.12. The lowest BCUT2D eigenvalue weighted by atomic mass is 10.4. The van der Waals surface area contributed by atoms with Crippen molar-refractivity contribution in [3.05, 3.63) is 27.8 Å². The van der Waals surface area contributed by atoms with E-state index in [1.54, 1.807) is 0 Å². The van der Waals surface area contributed by atoms with Crippen LogP contribution in [0.15, 0.2) is 10.7 Å². The highest BCUT2D eigenvalue weighted by atomic mass is 79.9. The van der Waals surface area contributed by atoms with Crippen LogP contribution in [0.2, 0.25) is 0 Å². The molecule has 0 amide bonds. The van der Waals surface area contributed by atoms with Crippen molar-refractivity contribution < 1.29 is 0 Å². The number of aryl methyl sites for hydroxylation is 3. The van der Waals surface area contributed by atoms with Gasteiger partial charge in [-0.2, -0.15) is 5.10 Å². The summed E-state index contributed by atoms with van der Waals surface area (Å²) in [6, 6.07) is 0. The second kappa shape index (κ2) is 6.29. The number of hydrogen-bond donors (Lipinski definition) is 1. The predicted octanol–water partition coefficient (Wildman–Crippen LogP) is 1.66. The topological polar surface area (TPSA) is 60.6 Å². The number of hydrogen-bond acceptors (Lipinski definition) is 4. The summed E-state index contributed by atoms with van der Waals surface area (Å²) in [7, 11) is 0. The van der Waals surface area contributed by atoms with Gasteiger partial charge in [0.2, 0.25) is 0 Å². The first-order valence-electron chi connectivity index (χ1n) is 6.41. The van der Waals surface area contributed by atoms with Crippen molar-refractivity contribution in [2.24, 2.45) is 0 Å². The van der Waals surface area contributed by atoms with Crippen molar-refractivity contribution in [2.45, 2.75) is 40.4 Å². The maximum Gasteiger partial charge on any atom is 0.0964 e. The Morgan fingerprint density at radius 1 is 1.32 bits per heavy atom. The Morgan fingerprint density at radius 3 is 2.74 bits per heavy atom. The molecule has 0 unspecified atom stereocenters. The highest BCUT2D eigenvalue weighted by Crippen LogP contribution is 2.19. The van der Waals surface area contributed by atoms with E-state index >= 15 is 0 Å². The van der Waals surface area contributed by atoms with E-state index in [4.69, 9.17) is 0 Å². The van der Waals surface area contributed by atoms with Crippen LogP contribution in [0.4, 0.5) is 0 Å². The molecule has 0 radical (unpaired) electrons. The standard InChI is InChI=1S/C12H19BrN6/c1-4-14-7-11-8-18(17-15-11)5-6-19-10(3)12(13)9(2)16-19/h8,14H,4-7H2,1-3H3. The summed E-state index contributed by atoms with van der Waals surface area (Å²) in [6.07, 6.45) is 1.98. The predicted molar refractivity (Wildman–Crippen MR) is 76.8 cm³/mol. The van der Waals surface area contributed by atoms with Gasteiger partial charge in [-0.3, -0.25) is 9.36 Å². The molecule has 7 heteroatoms. The Kier molecular flexibility index (Phi) is 4.71. The molecule has 6 nitrogen and oxygen atoms in total. The van der Waals surface area contributed by atoms with Crippen molar-refractivity contribution in [2.75, 3.05) is 6.54 Å². The van der Waals surface area contributed by atoms with Crippen LogP contribution in [0.1, 0.15) is 24.0 Å². The molecule has 0 atom stereocenters. The fraction of sp³-hybridized carbons (Fsp3) is 0.583. The van der Waals surface area contributed by atoms with Crippen LogP contribution in [0, 0.1) is 13.8 Å². The van der Waals surface area contributed by atoms with Crippen LogP contribution >= 0.6 is 15.9 Å². The van der Waals surface area contributed by atoms with Crippen molar-refractivity contribution in [1.82, 2.24) is 30.1 Å². The lowest BCUT2D eigenvalue weighted by molar-refractivity contribution is 0.481. The molecule has 2 rings (SSSR count). The van der Waals surface area contributed by atoms with Gasteiger partial charge in [-0.05, 0) is 36.3 Å². The molecule has 19 heavy (non-hydrogen) atoms. The van der Waals surface area contributed by atoms with Gasteiger partial charge in [0.1, 0.15) is 0 Å². The summed E-state index contributed by atoms with van der Waals surface area (Å²) in [5, 5.41) is 15.9. The highest BCUT2D eigenvalue weighted by molar-refractivity contribution is 9.10. The van der Waals surface area contributed by atoms with E-state index in [2.05, 4.69) is 50.5 Å². The highest BCUT2D eigenvalue weighted by Gasteiger charge is 2.08. The second-order valence-electron chi connectivity index (χ2n) is 4.46. The summed E-state index contributed by atoms with van der Waals surface area (Å²) in [4.78, 5) is 0. The van der Waals surface area contributed by atoms with Crippen LogP contribution in [0.3, 0.4) is 0 Å². The Hall–Kier alpha value is -1.21. The maximum atomic E-state index is 4.48. The van der Waals surface area contributed by atoms with Crippen LogP contribution in [-0.2, 0) is 19.6 Å². The molecule has 0 aliphatic rings. The summed E-state index contributed by atoms with van der Waals surface area (Å²) in [6.45, 7) is 9.40. The molecule has 0 aliphatic heterocycles. The van der Waals surface area contributed by atoms with E-state index in [9.17, 15) is 0 Å². The summed E-state index contributed by atoms with van der Waals surface area (Å²) in [5.74, 6) is 0. The fourth-order valence-corrected chi connectivity index (χ4v) is 2.16. The molecule has 2 heterocycles. The molecule has 2 aromatic heterocycles. The molecule has 0 bridgehead atoms. The molecule has 0 aliphatic carbocycles. The zero-order chi connectivity index (χ0) is 13.8. The largest absolute Gasteiger partial charge is 0.311 e. The monoisotopic (exact) mass is 326 g/mol. The molecule has 0 saturated carbocycles. The number of nitrogens with one attached hydrogen (secondary N) is 1. The van der Waals surface area contributed by atoms with Crippen LogP contribution in [-0.4, -0.2) is 31.3 Å². The smallest absolute Gasteiger partial charge is 0.0964 e. The van der Waals surface area contributed by atoms with Crippen LogP contribution in [0.25, 0.3) is 0 Å². The van der Waals surface area contributed by atoms with Gasteiger partial charge >= 0.3 is 0 Å². The minimum atomic E-state index is 0.766. The van der Waals surface area contributed by atoms with Gasteiger partial charge in [-0.15, -0.1) is 5.10 Å². The number of halogens is 1. The van der Waals surface area contributed by atoms with E-state index in [0.717, 1.165) is 47.7 Å². The molecule has 2 aromatic rings. The van der Waals surface area contributed by atoms with Gasteiger partial charge in [0.05, 0.1) is 29.0 Å². The van der Waals surface area contributed by atoms with Gasteiger partial charge in [0, 0.05) is 18.4 Å². The molecular formula is C12H19BrN6. The third-order valence-electron chi connectivity index (χ3n) is 2.98. The van der Waals surface area contributed by atoms with Gasteiger partial charge < -0.3 is 5.32 Å². The molecule has 104 valence electrons. The van der Waals surface area contributed by atoms with Crippen molar-refractivity contribution in [3.63, 3.8) is 0 Å². The zero-order valence-corrected chi connectivity index (χ0v) is 13.1. The summed E-state index contributed by atoms with van der Waals surface area (Å²) in [5.41, 5.74) is 3.13. The van der Waals surface area contributed by atoms with E-state index in [1.165, 1.54) is 0 Å². The number of aromatic nitrogens is 5. The average molecular weight is 327 g/mol. The van der Waals surface area contributed by atoms with Gasteiger partial charge in [-0.25, -0.2) is 0 Å². The number of nitrogens with zero attached hydrogens (tertiary/aromatic N) is 5. The SMILES string of the molecule is CCNCc1cn(CCn2nc(C)c(Br)c2C)nn1. The van der Waals surface area contributed by atoms with E-state index in [-0.39, 0.29) is 0 Å². The quantitative estimate of drug-likeness (QED) is 0.877. The first-order valence-corrected chi connectivity index (χ1v) is 7.20. The van der Waals surface area contributed by atoms with E-state index in [1.807, 2.05) is 22.5 Å². The minimum absolute atomic E-state index is 0.766. The molecule has 0 spiro atoms. The van der Waals surface area contributed by atoms with Gasteiger partial charge in [0.25, 0.3) is 0 Å². The Labute approximate surface area is 121 Å². The van der Waals surface area contributed by atoms with E-state index < -0.39 is 0 Å². The van der Waals surface area contributed by atoms with Crippen LogP contribution in [0.5, 0.6) is 0 Å².